The van der Waals surface area contributed by atoms with Gasteiger partial charge in [-0.3, -0.25) is 0 Å². The zero-order chi connectivity index (χ0) is 9.19. The Morgan fingerprint density at radius 2 is 2.08 bits per heavy atom. The van der Waals surface area contributed by atoms with E-state index in [4.69, 9.17) is 4.74 Å². The highest BCUT2D eigenvalue weighted by Crippen LogP contribution is 2.26. The molecule has 5 heteroatoms. The second-order valence-corrected chi connectivity index (χ2v) is 2.93. The van der Waals surface area contributed by atoms with Gasteiger partial charge in [0.05, 0.1) is 6.10 Å². The maximum Gasteiger partial charge on any atom is 0.403 e. The Hall–Kier alpha value is -0.290. The van der Waals surface area contributed by atoms with Crippen LogP contribution in [-0.4, -0.2) is 32.0 Å². The number of ether oxygens (including phenoxy) is 1. The first kappa shape index (κ1) is 9.80. The maximum absolute atomic E-state index is 12.1. The standard InChI is InChI=1S/C7H12F3NO/c1-12-5-2-3-11-6(4-5)7(8,9)10/h5-6,11H,2-4H2,1H3. The predicted octanol–water partition coefficient (Wildman–Crippen LogP) is 1.32. The molecule has 0 bridgehead atoms. The molecule has 12 heavy (non-hydrogen) atoms. The number of nitrogens with one attached hydrogen (secondary N) is 1. The zero-order valence-electron chi connectivity index (χ0n) is 6.82. The summed E-state index contributed by atoms with van der Waals surface area (Å²) in [7, 11) is 1.45. The average molecular weight is 183 g/mol. The first-order valence-corrected chi connectivity index (χ1v) is 3.87. The van der Waals surface area contributed by atoms with E-state index in [-0.39, 0.29) is 12.5 Å². The Morgan fingerprint density at radius 1 is 1.42 bits per heavy atom. The van der Waals surface area contributed by atoms with Gasteiger partial charge < -0.3 is 10.1 Å². The van der Waals surface area contributed by atoms with Gasteiger partial charge in [0.25, 0.3) is 0 Å². The van der Waals surface area contributed by atoms with Crippen LogP contribution in [0.5, 0.6) is 0 Å². The van der Waals surface area contributed by atoms with Gasteiger partial charge in [-0.1, -0.05) is 0 Å². The Kier molecular flexibility index (Phi) is 2.95. The van der Waals surface area contributed by atoms with Gasteiger partial charge in [0.2, 0.25) is 0 Å². The molecule has 0 amide bonds. The summed E-state index contributed by atoms with van der Waals surface area (Å²) in [6, 6.07) is -1.39. The second kappa shape index (κ2) is 3.62. The van der Waals surface area contributed by atoms with E-state index < -0.39 is 12.2 Å². The van der Waals surface area contributed by atoms with Crippen molar-refractivity contribution in [2.75, 3.05) is 13.7 Å². The summed E-state index contributed by atoms with van der Waals surface area (Å²) in [5, 5.41) is 2.42. The number of alkyl halides is 3. The molecule has 1 saturated heterocycles. The molecule has 2 nitrogen and oxygen atoms in total. The number of hydrogen-bond donors (Lipinski definition) is 1. The second-order valence-electron chi connectivity index (χ2n) is 2.93. The van der Waals surface area contributed by atoms with Crippen molar-refractivity contribution in [1.29, 1.82) is 0 Å². The van der Waals surface area contributed by atoms with Gasteiger partial charge in [0.1, 0.15) is 6.04 Å². The van der Waals surface area contributed by atoms with Crippen molar-refractivity contribution in [3.63, 3.8) is 0 Å². The molecule has 0 radical (unpaired) electrons. The molecule has 0 aromatic heterocycles. The van der Waals surface area contributed by atoms with Crippen LogP contribution in [-0.2, 0) is 4.74 Å². The van der Waals surface area contributed by atoms with Crippen LogP contribution in [0.3, 0.4) is 0 Å². The molecule has 0 aliphatic carbocycles. The summed E-state index contributed by atoms with van der Waals surface area (Å²) in [4.78, 5) is 0. The largest absolute Gasteiger partial charge is 0.403 e. The highest BCUT2D eigenvalue weighted by Gasteiger charge is 2.42. The lowest BCUT2D eigenvalue weighted by Crippen LogP contribution is -2.49. The van der Waals surface area contributed by atoms with Crippen molar-refractivity contribution < 1.29 is 17.9 Å². The fraction of sp³-hybridized carbons (Fsp3) is 1.00. The molecular weight excluding hydrogens is 171 g/mol. The number of rotatable bonds is 1. The summed E-state index contributed by atoms with van der Waals surface area (Å²) in [6.07, 6.45) is -3.71. The van der Waals surface area contributed by atoms with E-state index in [1.165, 1.54) is 7.11 Å². The van der Waals surface area contributed by atoms with Crippen molar-refractivity contribution in [2.24, 2.45) is 0 Å². The monoisotopic (exact) mass is 183 g/mol. The van der Waals surface area contributed by atoms with Gasteiger partial charge >= 0.3 is 6.18 Å². The van der Waals surface area contributed by atoms with E-state index in [2.05, 4.69) is 5.32 Å². The predicted molar refractivity (Wildman–Crippen MR) is 37.9 cm³/mol. The van der Waals surface area contributed by atoms with Crippen LogP contribution in [0, 0.1) is 0 Å². The van der Waals surface area contributed by atoms with E-state index in [0.717, 1.165) is 0 Å². The molecule has 1 fully saturated rings. The molecule has 0 spiro atoms. The van der Waals surface area contributed by atoms with Crippen LogP contribution in [0.1, 0.15) is 12.8 Å². The fourth-order valence-corrected chi connectivity index (χ4v) is 1.35. The third-order valence-electron chi connectivity index (χ3n) is 2.08. The molecule has 2 unspecified atom stereocenters. The molecule has 2 atom stereocenters. The van der Waals surface area contributed by atoms with Gasteiger partial charge in [0, 0.05) is 7.11 Å². The van der Waals surface area contributed by atoms with Crippen molar-refractivity contribution in [1.82, 2.24) is 5.32 Å². The minimum atomic E-state index is -4.14. The van der Waals surface area contributed by atoms with Crippen LogP contribution in [0.2, 0.25) is 0 Å². The minimum Gasteiger partial charge on any atom is -0.381 e. The van der Waals surface area contributed by atoms with Crippen LogP contribution < -0.4 is 5.32 Å². The Balaban J connectivity index is 2.46. The minimum absolute atomic E-state index is 0.0278. The molecule has 72 valence electrons. The summed E-state index contributed by atoms with van der Waals surface area (Å²) >= 11 is 0. The van der Waals surface area contributed by atoms with Gasteiger partial charge in [-0.05, 0) is 19.4 Å². The van der Waals surface area contributed by atoms with Crippen LogP contribution in [0.25, 0.3) is 0 Å². The molecule has 1 aliphatic heterocycles. The van der Waals surface area contributed by atoms with Crippen molar-refractivity contribution >= 4 is 0 Å². The smallest absolute Gasteiger partial charge is 0.381 e. The maximum atomic E-state index is 12.1. The normalized spacial score (nSPS) is 32.0. The van der Waals surface area contributed by atoms with Crippen LogP contribution in [0.15, 0.2) is 0 Å². The van der Waals surface area contributed by atoms with E-state index in [0.29, 0.717) is 13.0 Å². The van der Waals surface area contributed by atoms with Gasteiger partial charge in [-0.25, -0.2) is 0 Å². The molecule has 0 aromatic carbocycles. The third kappa shape index (κ3) is 2.35. The van der Waals surface area contributed by atoms with E-state index in [1.54, 1.807) is 0 Å². The van der Waals surface area contributed by atoms with Crippen molar-refractivity contribution in [3.05, 3.63) is 0 Å². The number of piperidine rings is 1. The van der Waals surface area contributed by atoms with Gasteiger partial charge in [-0.15, -0.1) is 0 Å². The SMILES string of the molecule is COC1CCNC(C(F)(F)F)C1. The highest BCUT2D eigenvalue weighted by molar-refractivity contribution is 4.83. The molecule has 1 N–H and O–H groups in total. The van der Waals surface area contributed by atoms with Gasteiger partial charge in [-0.2, -0.15) is 13.2 Å². The number of halogens is 3. The third-order valence-corrected chi connectivity index (χ3v) is 2.08. The molecule has 1 heterocycles. The summed E-state index contributed by atoms with van der Waals surface area (Å²) < 4.78 is 41.3. The van der Waals surface area contributed by atoms with Crippen molar-refractivity contribution in [2.45, 2.75) is 31.2 Å². The molecule has 0 aromatic rings. The average Bonchev–Trinajstić information content (AvgIpc) is 2.03. The topological polar surface area (TPSA) is 21.3 Å². The number of methoxy groups -OCH3 is 1. The molecular formula is C7H12F3NO. The van der Waals surface area contributed by atoms with E-state index in [9.17, 15) is 13.2 Å². The molecule has 1 rings (SSSR count). The van der Waals surface area contributed by atoms with Crippen LogP contribution in [0.4, 0.5) is 13.2 Å². The fourth-order valence-electron chi connectivity index (χ4n) is 1.35. The highest BCUT2D eigenvalue weighted by atomic mass is 19.4. The molecule has 1 aliphatic rings. The first-order valence-electron chi connectivity index (χ1n) is 3.87. The van der Waals surface area contributed by atoms with Crippen molar-refractivity contribution in [3.8, 4) is 0 Å². The lowest BCUT2D eigenvalue weighted by Gasteiger charge is -2.30. The van der Waals surface area contributed by atoms with E-state index >= 15 is 0 Å². The molecule has 0 saturated carbocycles. The van der Waals surface area contributed by atoms with Gasteiger partial charge in [0.15, 0.2) is 0 Å². The summed E-state index contributed by atoms with van der Waals surface area (Å²) in [5.41, 5.74) is 0. The quantitative estimate of drug-likeness (QED) is 0.661. The summed E-state index contributed by atoms with van der Waals surface area (Å²) in [6.45, 7) is 0.378. The number of hydrogen-bond acceptors (Lipinski definition) is 2. The Bertz CT molecular complexity index is 148. The first-order chi connectivity index (χ1) is 5.54. The zero-order valence-corrected chi connectivity index (χ0v) is 6.82. The lowest BCUT2D eigenvalue weighted by atomic mass is 10.0. The van der Waals surface area contributed by atoms with Crippen LogP contribution >= 0.6 is 0 Å². The lowest BCUT2D eigenvalue weighted by molar-refractivity contribution is -0.168. The van der Waals surface area contributed by atoms with E-state index in [1.807, 2.05) is 0 Å². The Labute approximate surface area is 69.1 Å². The Morgan fingerprint density at radius 3 is 2.58 bits per heavy atom. The summed E-state index contributed by atoms with van der Waals surface area (Å²) in [5.74, 6) is 0.